The van der Waals surface area contributed by atoms with Crippen LogP contribution in [-0.4, -0.2) is 56.8 Å². The number of aliphatic carboxylic acids is 1. The maximum Gasteiger partial charge on any atom is 0.323 e. The molecule has 5 nitrogen and oxygen atoms in total. The van der Waals surface area contributed by atoms with Gasteiger partial charge in [-0.3, -0.25) is 14.5 Å². The summed E-state index contributed by atoms with van der Waals surface area (Å²) in [4.78, 5) is 24.1. The summed E-state index contributed by atoms with van der Waals surface area (Å²) in [5.41, 5.74) is 0. The molecule has 1 N–H and O–H groups in total. The highest BCUT2D eigenvalue weighted by atomic mass is 28.3. The van der Waals surface area contributed by atoms with Crippen LogP contribution in [0.3, 0.4) is 0 Å². The van der Waals surface area contributed by atoms with Crippen LogP contribution < -0.4 is 0 Å². The summed E-state index contributed by atoms with van der Waals surface area (Å²) in [5, 5.41) is 8.64. The molecule has 0 spiro atoms. The summed E-state index contributed by atoms with van der Waals surface area (Å²) >= 11 is 0. The second kappa shape index (κ2) is 7.53. The van der Waals surface area contributed by atoms with Crippen molar-refractivity contribution in [3.8, 4) is 0 Å². The first-order valence-electron chi connectivity index (χ1n) is 6.18. The van der Waals surface area contributed by atoms with Gasteiger partial charge in [0.15, 0.2) is 0 Å². The van der Waals surface area contributed by atoms with E-state index in [1.165, 1.54) is 0 Å². The summed E-state index contributed by atoms with van der Waals surface area (Å²) in [5.74, 6) is -1.21. The topological polar surface area (TPSA) is 66.8 Å². The van der Waals surface area contributed by atoms with Crippen LogP contribution in [-0.2, 0) is 14.3 Å². The van der Waals surface area contributed by atoms with Gasteiger partial charge in [0.2, 0.25) is 0 Å². The fourth-order valence-electron chi connectivity index (χ4n) is 1.40. The van der Waals surface area contributed by atoms with Gasteiger partial charge >= 0.3 is 11.9 Å². The van der Waals surface area contributed by atoms with E-state index in [-0.39, 0.29) is 18.8 Å². The van der Waals surface area contributed by atoms with E-state index in [0.717, 1.165) is 6.04 Å². The summed E-state index contributed by atoms with van der Waals surface area (Å²) in [6.45, 7) is 7.09. The second-order valence-corrected chi connectivity index (χ2v) is 11.5. The van der Waals surface area contributed by atoms with Crippen LogP contribution >= 0.6 is 0 Å². The molecule has 106 valence electrons. The van der Waals surface area contributed by atoms with E-state index >= 15 is 0 Å². The number of carboxylic acids is 1. The number of likely N-dealkylation sites (N-methyl/N-ethyl adjacent to an activating group) is 1. The molecule has 0 radical (unpaired) electrons. The number of carboxylic acid groups (broad SMARTS) is 1. The van der Waals surface area contributed by atoms with Crippen LogP contribution in [0.15, 0.2) is 0 Å². The van der Waals surface area contributed by atoms with Gasteiger partial charge in [0.1, 0.15) is 6.04 Å². The van der Waals surface area contributed by atoms with E-state index in [9.17, 15) is 9.59 Å². The van der Waals surface area contributed by atoms with Crippen molar-refractivity contribution in [3.63, 3.8) is 0 Å². The summed E-state index contributed by atoms with van der Waals surface area (Å²) in [6.07, 6.45) is 0.264. The van der Waals surface area contributed by atoms with Gasteiger partial charge in [-0.15, -0.1) is 0 Å². The summed E-state index contributed by atoms with van der Waals surface area (Å²) in [6, 6.07) is 0.459. The number of hydrogen-bond donors (Lipinski definition) is 1. The number of rotatable bonds is 8. The lowest BCUT2D eigenvalue weighted by molar-refractivity contribution is -0.149. The zero-order valence-corrected chi connectivity index (χ0v) is 13.0. The molecule has 1 unspecified atom stereocenters. The highest BCUT2D eigenvalue weighted by molar-refractivity contribution is 6.76. The van der Waals surface area contributed by atoms with Crippen molar-refractivity contribution in [2.24, 2.45) is 0 Å². The van der Waals surface area contributed by atoms with Crippen LogP contribution in [0, 0.1) is 0 Å². The minimum atomic E-state index is -1.21. The van der Waals surface area contributed by atoms with E-state index in [4.69, 9.17) is 9.84 Å². The van der Waals surface area contributed by atoms with Crippen molar-refractivity contribution in [3.05, 3.63) is 0 Å². The van der Waals surface area contributed by atoms with Crippen molar-refractivity contribution in [2.45, 2.75) is 44.6 Å². The molecule has 18 heavy (non-hydrogen) atoms. The molecule has 0 rings (SSSR count). The molecule has 0 aliphatic rings. The Hall–Kier alpha value is -0.883. The van der Waals surface area contributed by atoms with Crippen molar-refractivity contribution in [1.29, 1.82) is 0 Å². The Labute approximate surface area is 110 Å². The molecule has 0 bridgehead atoms. The number of carbonyl (C=O) groups is 2. The number of hydrogen-bond acceptors (Lipinski definition) is 4. The van der Waals surface area contributed by atoms with E-state index in [1.54, 1.807) is 19.0 Å². The Bertz CT molecular complexity index is 286. The SMILES string of the molecule is CN(C)C(CCC(=O)O)C(=O)OCC[Si](C)(C)C. The Balaban J connectivity index is 4.19. The minimum Gasteiger partial charge on any atom is -0.481 e. The van der Waals surface area contributed by atoms with Gasteiger partial charge in [-0.25, -0.2) is 0 Å². The maximum atomic E-state index is 11.8. The summed E-state index contributed by atoms with van der Waals surface area (Å²) in [7, 11) is 2.31. The van der Waals surface area contributed by atoms with Gasteiger partial charge in [0.25, 0.3) is 0 Å². The van der Waals surface area contributed by atoms with E-state index in [0.29, 0.717) is 6.61 Å². The second-order valence-electron chi connectivity index (χ2n) is 5.89. The first-order valence-corrected chi connectivity index (χ1v) is 9.89. The normalized spacial score (nSPS) is 13.4. The Morgan fingerprint density at radius 2 is 1.83 bits per heavy atom. The molecule has 0 aliphatic carbocycles. The molecule has 0 aromatic heterocycles. The monoisotopic (exact) mass is 275 g/mol. The van der Waals surface area contributed by atoms with Gasteiger partial charge in [0, 0.05) is 14.5 Å². The largest absolute Gasteiger partial charge is 0.481 e. The maximum absolute atomic E-state index is 11.8. The molecular weight excluding hydrogens is 250 g/mol. The van der Waals surface area contributed by atoms with Gasteiger partial charge in [-0.05, 0) is 26.6 Å². The van der Waals surface area contributed by atoms with Gasteiger partial charge in [0.05, 0.1) is 6.61 Å². The van der Waals surface area contributed by atoms with E-state index in [1.807, 2.05) is 0 Å². The molecule has 1 atom stereocenters. The third-order valence-corrected chi connectivity index (χ3v) is 4.33. The van der Waals surface area contributed by atoms with Gasteiger partial charge in [-0.1, -0.05) is 19.6 Å². The lowest BCUT2D eigenvalue weighted by Gasteiger charge is -2.23. The lowest BCUT2D eigenvalue weighted by atomic mass is 10.1. The highest BCUT2D eigenvalue weighted by Gasteiger charge is 2.24. The number of nitrogens with zero attached hydrogens (tertiary/aromatic N) is 1. The predicted molar refractivity (Wildman–Crippen MR) is 73.5 cm³/mol. The van der Waals surface area contributed by atoms with Crippen LogP contribution in [0.5, 0.6) is 0 Å². The molecule has 0 heterocycles. The quantitative estimate of drug-likeness (QED) is 0.539. The average Bonchev–Trinajstić information content (AvgIpc) is 2.14. The molecule has 0 aromatic rings. The number of carbonyl (C=O) groups excluding carboxylic acids is 1. The molecule has 0 saturated carbocycles. The number of ether oxygens (including phenoxy) is 1. The molecule has 0 aliphatic heterocycles. The van der Waals surface area contributed by atoms with Crippen molar-refractivity contribution in [1.82, 2.24) is 4.90 Å². The number of esters is 1. The molecule has 0 saturated heterocycles. The van der Waals surface area contributed by atoms with E-state index in [2.05, 4.69) is 19.6 Å². The minimum absolute atomic E-state index is 0.0219. The first kappa shape index (κ1) is 17.1. The zero-order chi connectivity index (χ0) is 14.3. The van der Waals surface area contributed by atoms with Gasteiger partial charge < -0.3 is 9.84 Å². The van der Waals surface area contributed by atoms with Crippen molar-refractivity contribution < 1.29 is 19.4 Å². The highest BCUT2D eigenvalue weighted by Crippen LogP contribution is 2.10. The molecule has 0 amide bonds. The van der Waals surface area contributed by atoms with Crippen molar-refractivity contribution in [2.75, 3.05) is 20.7 Å². The van der Waals surface area contributed by atoms with Crippen LogP contribution in [0.25, 0.3) is 0 Å². The fourth-order valence-corrected chi connectivity index (χ4v) is 2.12. The Kier molecular flexibility index (Phi) is 7.16. The molecule has 0 aromatic carbocycles. The lowest BCUT2D eigenvalue weighted by Crippen LogP contribution is -2.38. The average molecular weight is 275 g/mol. The predicted octanol–water partition coefficient (Wildman–Crippen LogP) is 1.66. The third-order valence-electron chi connectivity index (χ3n) is 2.62. The Morgan fingerprint density at radius 1 is 1.28 bits per heavy atom. The van der Waals surface area contributed by atoms with Crippen LogP contribution in [0.4, 0.5) is 0 Å². The molecule has 6 heteroatoms. The van der Waals surface area contributed by atoms with Crippen LogP contribution in [0.1, 0.15) is 12.8 Å². The van der Waals surface area contributed by atoms with Gasteiger partial charge in [-0.2, -0.15) is 0 Å². The standard InChI is InChI=1S/C12H25NO4Si/c1-13(2)10(6-7-11(14)15)12(16)17-8-9-18(3,4)5/h10H,6-9H2,1-5H3,(H,14,15). The van der Waals surface area contributed by atoms with Crippen LogP contribution in [0.2, 0.25) is 25.7 Å². The molecule has 0 fully saturated rings. The smallest absolute Gasteiger partial charge is 0.323 e. The zero-order valence-electron chi connectivity index (χ0n) is 12.0. The summed E-state index contributed by atoms with van der Waals surface area (Å²) < 4.78 is 5.23. The first-order chi connectivity index (χ1) is 8.13. The van der Waals surface area contributed by atoms with Crippen molar-refractivity contribution >= 4 is 20.0 Å². The fraction of sp³-hybridized carbons (Fsp3) is 0.833. The Morgan fingerprint density at radius 3 is 2.22 bits per heavy atom. The molecular formula is C12H25NO4Si. The van der Waals surface area contributed by atoms with E-state index < -0.39 is 20.1 Å². The third kappa shape index (κ3) is 8.24.